The maximum atomic E-state index is 12.3. The molecule has 1 aromatic heterocycles. The topological polar surface area (TPSA) is 55.1 Å². The van der Waals surface area contributed by atoms with Crippen LogP contribution in [0.1, 0.15) is 36.2 Å². The van der Waals surface area contributed by atoms with Crippen LogP contribution in [0.3, 0.4) is 0 Å². The van der Waals surface area contributed by atoms with E-state index < -0.39 is 0 Å². The van der Waals surface area contributed by atoms with Crippen LogP contribution >= 0.6 is 11.3 Å². The van der Waals surface area contributed by atoms with Crippen LogP contribution in [0.15, 0.2) is 47.8 Å². The highest BCUT2D eigenvalue weighted by Crippen LogP contribution is 2.26. The summed E-state index contributed by atoms with van der Waals surface area (Å²) in [6, 6.07) is 14.1. The van der Waals surface area contributed by atoms with Crippen LogP contribution in [0.5, 0.6) is 0 Å². The number of carbonyl (C=O) groups excluding carboxylic acids is 1. The summed E-state index contributed by atoms with van der Waals surface area (Å²) < 4.78 is 0. The average Bonchev–Trinajstić information content (AvgIpc) is 3.05. The normalized spacial score (nSPS) is 13.6. The van der Waals surface area contributed by atoms with E-state index in [1.54, 1.807) is 11.3 Å². The Hall–Kier alpha value is -1.65. The molecule has 1 heterocycles. The first-order valence-electron chi connectivity index (χ1n) is 7.32. The lowest BCUT2D eigenvalue weighted by Crippen LogP contribution is -2.31. The monoisotopic (exact) mass is 302 g/mol. The third kappa shape index (κ3) is 4.41. The molecule has 2 rings (SSSR count). The minimum absolute atomic E-state index is 0.0644. The molecule has 0 aliphatic rings. The van der Waals surface area contributed by atoms with E-state index in [0.29, 0.717) is 13.0 Å². The summed E-state index contributed by atoms with van der Waals surface area (Å²) in [5.74, 6) is 0.319. The van der Waals surface area contributed by atoms with E-state index >= 15 is 0 Å². The molecule has 0 radical (unpaired) electrons. The molecule has 0 fully saturated rings. The molecule has 0 aliphatic carbocycles. The molecule has 0 spiro atoms. The van der Waals surface area contributed by atoms with E-state index in [0.717, 1.165) is 16.9 Å². The summed E-state index contributed by atoms with van der Waals surface area (Å²) in [6.07, 6.45) is 1.42. The zero-order valence-corrected chi connectivity index (χ0v) is 13.1. The molecule has 2 atom stereocenters. The zero-order valence-electron chi connectivity index (χ0n) is 12.3. The number of benzene rings is 1. The lowest BCUT2D eigenvalue weighted by Gasteiger charge is -2.20. The molecule has 3 nitrogen and oxygen atoms in total. The van der Waals surface area contributed by atoms with Gasteiger partial charge in [0.1, 0.15) is 0 Å². The number of nitrogens with two attached hydrogens (primary N) is 1. The van der Waals surface area contributed by atoms with E-state index in [-0.39, 0.29) is 17.9 Å². The fourth-order valence-corrected chi connectivity index (χ4v) is 3.10. The van der Waals surface area contributed by atoms with Crippen LogP contribution in [0.4, 0.5) is 0 Å². The van der Waals surface area contributed by atoms with E-state index in [4.69, 9.17) is 5.73 Å². The van der Waals surface area contributed by atoms with E-state index in [9.17, 15) is 4.79 Å². The van der Waals surface area contributed by atoms with Crippen molar-refractivity contribution in [3.05, 3.63) is 58.3 Å². The van der Waals surface area contributed by atoms with Crippen LogP contribution in [0.25, 0.3) is 0 Å². The third-order valence-electron chi connectivity index (χ3n) is 3.65. The van der Waals surface area contributed by atoms with Crippen molar-refractivity contribution < 1.29 is 4.79 Å². The summed E-state index contributed by atoms with van der Waals surface area (Å²) in [4.78, 5) is 13.4. The highest BCUT2D eigenvalue weighted by atomic mass is 32.1. The molecule has 0 saturated heterocycles. The molecule has 0 saturated carbocycles. The van der Waals surface area contributed by atoms with Gasteiger partial charge in [0.15, 0.2) is 0 Å². The van der Waals surface area contributed by atoms with Crippen LogP contribution in [0, 0.1) is 5.92 Å². The molecule has 2 aromatic rings. The second-order valence-electron chi connectivity index (χ2n) is 5.14. The van der Waals surface area contributed by atoms with Gasteiger partial charge >= 0.3 is 0 Å². The second kappa shape index (κ2) is 7.96. The van der Waals surface area contributed by atoms with Crippen molar-refractivity contribution in [2.45, 2.75) is 25.8 Å². The minimum atomic E-state index is -0.0750. The van der Waals surface area contributed by atoms with Gasteiger partial charge in [0.2, 0.25) is 5.91 Å². The van der Waals surface area contributed by atoms with Gasteiger partial charge in [-0.15, -0.1) is 11.3 Å². The van der Waals surface area contributed by atoms with Crippen LogP contribution in [-0.4, -0.2) is 12.5 Å². The fraction of sp³-hybridized carbons (Fsp3) is 0.353. The average molecular weight is 302 g/mol. The zero-order chi connectivity index (χ0) is 15.1. The molecule has 112 valence electrons. The van der Waals surface area contributed by atoms with Gasteiger partial charge < -0.3 is 11.1 Å². The minimum Gasteiger partial charge on any atom is -0.344 e. The number of hydrogen-bond donors (Lipinski definition) is 2. The fourth-order valence-electron chi connectivity index (χ4n) is 2.30. The Morgan fingerprint density at radius 3 is 2.57 bits per heavy atom. The number of rotatable bonds is 7. The van der Waals surface area contributed by atoms with Crippen molar-refractivity contribution in [1.29, 1.82) is 0 Å². The lowest BCUT2D eigenvalue weighted by molar-refractivity contribution is -0.122. The Balaban J connectivity index is 2.12. The van der Waals surface area contributed by atoms with Crippen LogP contribution in [-0.2, 0) is 4.79 Å². The quantitative estimate of drug-likeness (QED) is 0.824. The number of nitrogens with one attached hydrogen (secondary N) is 1. The highest BCUT2D eigenvalue weighted by Gasteiger charge is 2.19. The Morgan fingerprint density at radius 2 is 2.00 bits per heavy atom. The van der Waals surface area contributed by atoms with Crippen molar-refractivity contribution in [2.75, 3.05) is 6.54 Å². The summed E-state index contributed by atoms with van der Waals surface area (Å²) in [6.45, 7) is 2.62. The van der Waals surface area contributed by atoms with Crippen LogP contribution in [0.2, 0.25) is 0 Å². The van der Waals surface area contributed by atoms with Gasteiger partial charge in [0.05, 0.1) is 6.04 Å². The van der Waals surface area contributed by atoms with Crippen molar-refractivity contribution in [3.63, 3.8) is 0 Å². The summed E-state index contributed by atoms with van der Waals surface area (Å²) >= 11 is 1.66. The van der Waals surface area contributed by atoms with Gasteiger partial charge in [-0.25, -0.2) is 0 Å². The van der Waals surface area contributed by atoms with Gasteiger partial charge in [0, 0.05) is 11.3 Å². The number of amides is 1. The Morgan fingerprint density at radius 1 is 1.24 bits per heavy atom. The molecular weight excluding hydrogens is 280 g/mol. The first kappa shape index (κ1) is 15.7. The van der Waals surface area contributed by atoms with Crippen molar-refractivity contribution in [3.8, 4) is 0 Å². The van der Waals surface area contributed by atoms with E-state index in [2.05, 4.69) is 18.3 Å². The number of carbonyl (C=O) groups is 1. The second-order valence-corrected chi connectivity index (χ2v) is 6.12. The van der Waals surface area contributed by atoms with Crippen molar-refractivity contribution >= 4 is 17.2 Å². The molecule has 21 heavy (non-hydrogen) atoms. The van der Waals surface area contributed by atoms with Gasteiger partial charge in [-0.2, -0.15) is 0 Å². The molecule has 0 bridgehead atoms. The summed E-state index contributed by atoms with van der Waals surface area (Å²) in [7, 11) is 0. The van der Waals surface area contributed by atoms with Crippen LogP contribution < -0.4 is 11.1 Å². The van der Waals surface area contributed by atoms with Crippen molar-refractivity contribution in [2.24, 2.45) is 11.7 Å². The molecule has 1 aromatic carbocycles. The smallest absolute Gasteiger partial charge is 0.221 e. The van der Waals surface area contributed by atoms with Gasteiger partial charge in [-0.05, 0) is 29.5 Å². The summed E-state index contributed by atoms with van der Waals surface area (Å²) in [5.41, 5.74) is 6.80. The molecule has 4 heteroatoms. The highest BCUT2D eigenvalue weighted by molar-refractivity contribution is 7.10. The molecule has 3 N–H and O–H groups in total. The lowest BCUT2D eigenvalue weighted by atomic mass is 10.0. The third-order valence-corrected chi connectivity index (χ3v) is 4.59. The Bertz CT molecular complexity index is 535. The maximum Gasteiger partial charge on any atom is 0.221 e. The summed E-state index contributed by atoms with van der Waals surface area (Å²) in [5, 5.41) is 5.18. The molecular formula is C17H22N2OS. The predicted octanol–water partition coefficient (Wildman–Crippen LogP) is 3.33. The molecule has 2 unspecified atom stereocenters. The Labute approximate surface area is 130 Å². The number of thiophene rings is 1. The first-order chi connectivity index (χ1) is 10.2. The standard InChI is InChI=1S/C17H22N2OS/c1-2-13(12-18)11-16(20)19-17(15-9-6-10-21-15)14-7-4-3-5-8-14/h3-10,13,17H,2,11-12,18H2,1H3,(H,19,20). The maximum absolute atomic E-state index is 12.3. The van der Waals surface area contributed by atoms with Gasteiger partial charge in [0.25, 0.3) is 0 Å². The molecule has 0 aliphatic heterocycles. The Kier molecular flexibility index (Phi) is 5.96. The predicted molar refractivity (Wildman–Crippen MR) is 88.2 cm³/mol. The largest absolute Gasteiger partial charge is 0.344 e. The van der Waals surface area contributed by atoms with E-state index in [1.165, 1.54) is 0 Å². The van der Waals surface area contributed by atoms with Gasteiger partial charge in [-0.1, -0.05) is 49.7 Å². The molecule has 1 amide bonds. The number of hydrogen-bond acceptors (Lipinski definition) is 3. The van der Waals surface area contributed by atoms with Crippen molar-refractivity contribution in [1.82, 2.24) is 5.32 Å². The SMILES string of the molecule is CCC(CN)CC(=O)NC(c1ccccc1)c1cccs1. The van der Waals surface area contributed by atoms with Gasteiger partial charge in [-0.3, -0.25) is 4.79 Å². The van der Waals surface area contributed by atoms with E-state index in [1.807, 2.05) is 41.8 Å². The first-order valence-corrected chi connectivity index (χ1v) is 8.20.